The van der Waals surface area contributed by atoms with Crippen molar-refractivity contribution in [3.63, 3.8) is 0 Å². The predicted octanol–water partition coefficient (Wildman–Crippen LogP) is 1.52. The third-order valence-electron chi connectivity index (χ3n) is 1.68. The summed E-state index contributed by atoms with van der Waals surface area (Å²) in [6.07, 6.45) is 2.12. The highest BCUT2D eigenvalue weighted by Gasteiger charge is 2.02. The Morgan fingerprint density at radius 2 is 2.46 bits per heavy atom. The fraction of sp³-hybridized carbons (Fsp3) is 0.625. The fourth-order valence-corrected chi connectivity index (χ4v) is 2.05. The number of nitrogen functional groups attached to an aromatic ring is 1. The molecule has 1 rings (SSSR count). The lowest BCUT2D eigenvalue weighted by Crippen LogP contribution is -2.20. The number of hydrogen-bond acceptors (Lipinski definition) is 5. The van der Waals surface area contributed by atoms with Crippen LogP contribution in [-0.4, -0.2) is 35.5 Å². The van der Waals surface area contributed by atoms with E-state index in [9.17, 15) is 0 Å². The highest BCUT2D eigenvalue weighted by molar-refractivity contribution is 7.98. The van der Waals surface area contributed by atoms with Crippen LogP contribution in [0.4, 0.5) is 5.13 Å². The molecule has 0 radical (unpaired) electrons. The van der Waals surface area contributed by atoms with Gasteiger partial charge in [0.15, 0.2) is 5.13 Å². The van der Waals surface area contributed by atoms with E-state index in [4.69, 9.17) is 5.73 Å². The fourth-order valence-electron chi connectivity index (χ4n) is 0.998. The van der Waals surface area contributed by atoms with Crippen LogP contribution in [0.2, 0.25) is 0 Å². The number of thioether (sulfide) groups is 1. The van der Waals surface area contributed by atoms with Crippen LogP contribution in [0.25, 0.3) is 0 Å². The first-order chi connectivity index (χ1) is 6.22. The van der Waals surface area contributed by atoms with Gasteiger partial charge in [0.1, 0.15) is 0 Å². The minimum atomic E-state index is 0.660. The van der Waals surface area contributed by atoms with Gasteiger partial charge in [-0.15, -0.1) is 11.3 Å². The summed E-state index contributed by atoms with van der Waals surface area (Å²) < 4.78 is 0. The van der Waals surface area contributed by atoms with Crippen molar-refractivity contribution in [3.8, 4) is 0 Å². The topological polar surface area (TPSA) is 42.1 Å². The Hall–Kier alpha value is -0.260. The van der Waals surface area contributed by atoms with Gasteiger partial charge in [0.05, 0.1) is 5.69 Å². The highest BCUT2D eigenvalue weighted by Crippen LogP contribution is 2.12. The molecule has 0 bridgehead atoms. The number of nitrogens with two attached hydrogens (primary N) is 1. The summed E-state index contributed by atoms with van der Waals surface area (Å²) in [5, 5.41) is 2.68. The van der Waals surface area contributed by atoms with Crippen molar-refractivity contribution >= 4 is 28.2 Å². The zero-order valence-corrected chi connectivity index (χ0v) is 9.62. The van der Waals surface area contributed by atoms with Gasteiger partial charge >= 0.3 is 0 Å². The summed E-state index contributed by atoms with van der Waals surface area (Å²) in [4.78, 5) is 6.46. The monoisotopic (exact) mass is 217 g/mol. The van der Waals surface area contributed by atoms with Crippen molar-refractivity contribution in [2.45, 2.75) is 6.54 Å². The van der Waals surface area contributed by atoms with Crippen LogP contribution in [0.15, 0.2) is 5.38 Å². The molecule has 13 heavy (non-hydrogen) atoms. The average Bonchev–Trinajstić information content (AvgIpc) is 2.48. The second-order valence-corrected chi connectivity index (χ2v) is 4.78. The maximum absolute atomic E-state index is 5.54. The number of anilines is 1. The van der Waals surface area contributed by atoms with Gasteiger partial charge in [-0.2, -0.15) is 11.8 Å². The average molecular weight is 217 g/mol. The van der Waals surface area contributed by atoms with E-state index in [1.165, 1.54) is 11.3 Å². The zero-order chi connectivity index (χ0) is 9.68. The SMILES string of the molecule is CSCCN(C)Cc1csc(N)n1. The summed E-state index contributed by atoms with van der Waals surface area (Å²) in [5.41, 5.74) is 6.61. The molecule has 0 aliphatic rings. The third kappa shape index (κ3) is 3.97. The van der Waals surface area contributed by atoms with Gasteiger partial charge in [-0.3, -0.25) is 4.90 Å². The van der Waals surface area contributed by atoms with E-state index in [0.717, 1.165) is 24.5 Å². The minimum absolute atomic E-state index is 0.660. The van der Waals surface area contributed by atoms with E-state index in [1.807, 2.05) is 17.1 Å². The molecule has 0 amide bonds. The molecule has 0 saturated carbocycles. The molecule has 74 valence electrons. The maximum Gasteiger partial charge on any atom is 0.180 e. The maximum atomic E-state index is 5.54. The molecule has 2 N–H and O–H groups in total. The first kappa shape index (κ1) is 10.8. The van der Waals surface area contributed by atoms with Crippen LogP contribution in [0, 0.1) is 0 Å². The van der Waals surface area contributed by atoms with Crippen LogP contribution in [-0.2, 0) is 6.54 Å². The Morgan fingerprint density at radius 1 is 1.69 bits per heavy atom. The Labute approximate surface area is 87.3 Å². The van der Waals surface area contributed by atoms with Crippen LogP contribution in [0.5, 0.6) is 0 Å². The molecule has 0 fully saturated rings. The summed E-state index contributed by atoms with van der Waals surface area (Å²) in [6.45, 7) is 1.99. The van der Waals surface area contributed by atoms with E-state index in [2.05, 4.69) is 23.2 Å². The second-order valence-electron chi connectivity index (χ2n) is 2.91. The van der Waals surface area contributed by atoms with Crippen molar-refractivity contribution in [2.75, 3.05) is 31.3 Å². The van der Waals surface area contributed by atoms with Crippen LogP contribution in [0.1, 0.15) is 5.69 Å². The van der Waals surface area contributed by atoms with Gasteiger partial charge in [0, 0.05) is 24.2 Å². The molecular weight excluding hydrogens is 202 g/mol. The van der Waals surface area contributed by atoms with E-state index in [-0.39, 0.29) is 0 Å². The van der Waals surface area contributed by atoms with Crippen molar-refractivity contribution in [1.82, 2.24) is 9.88 Å². The van der Waals surface area contributed by atoms with Gasteiger partial charge < -0.3 is 5.73 Å². The normalized spacial score (nSPS) is 11.0. The lowest BCUT2D eigenvalue weighted by Gasteiger charge is -2.13. The number of nitrogens with zero attached hydrogens (tertiary/aromatic N) is 2. The number of aromatic nitrogens is 1. The van der Waals surface area contributed by atoms with Crippen molar-refractivity contribution in [2.24, 2.45) is 0 Å². The van der Waals surface area contributed by atoms with Gasteiger partial charge in [-0.1, -0.05) is 0 Å². The highest BCUT2D eigenvalue weighted by atomic mass is 32.2. The van der Waals surface area contributed by atoms with Crippen LogP contribution in [0.3, 0.4) is 0 Å². The number of thiazole rings is 1. The molecule has 1 heterocycles. The standard InChI is InChI=1S/C8H15N3S2/c1-11(3-4-12-2)5-7-6-13-8(9)10-7/h6H,3-5H2,1-2H3,(H2,9,10). The first-order valence-electron chi connectivity index (χ1n) is 4.09. The molecule has 1 aromatic rings. The minimum Gasteiger partial charge on any atom is -0.375 e. The summed E-state index contributed by atoms with van der Waals surface area (Å²) in [7, 11) is 2.10. The molecule has 3 nitrogen and oxygen atoms in total. The van der Waals surface area contributed by atoms with Gasteiger partial charge in [-0.25, -0.2) is 4.98 Å². The Balaban J connectivity index is 2.31. The smallest absolute Gasteiger partial charge is 0.180 e. The molecule has 1 aromatic heterocycles. The molecule has 0 spiro atoms. The summed E-state index contributed by atoms with van der Waals surface area (Å²) in [5.74, 6) is 1.16. The molecule has 0 unspecified atom stereocenters. The van der Waals surface area contributed by atoms with E-state index < -0.39 is 0 Å². The Morgan fingerprint density at radius 3 is 3.00 bits per heavy atom. The number of hydrogen-bond donors (Lipinski definition) is 1. The second kappa shape index (κ2) is 5.47. The molecule has 0 saturated heterocycles. The Kier molecular flexibility index (Phi) is 4.55. The quantitative estimate of drug-likeness (QED) is 0.812. The number of rotatable bonds is 5. The first-order valence-corrected chi connectivity index (χ1v) is 6.37. The molecule has 5 heteroatoms. The molecule has 0 aliphatic heterocycles. The lowest BCUT2D eigenvalue weighted by molar-refractivity contribution is 0.345. The molecule has 0 aromatic carbocycles. The van der Waals surface area contributed by atoms with Gasteiger partial charge in [0.25, 0.3) is 0 Å². The summed E-state index contributed by atoms with van der Waals surface area (Å²) in [6, 6.07) is 0. The third-order valence-corrected chi connectivity index (χ3v) is 2.99. The van der Waals surface area contributed by atoms with Crippen molar-refractivity contribution < 1.29 is 0 Å². The predicted molar refractivity (Wildman–Crippen MR) is 61.2 cm³/mol. The van der Waals surface area contributed by atoms with Gasteiger partial charge in [0.2, 0.25) is 0 Å². The van der Waals surface area contributed by atoms with E-state index >= 15 is 0 Å². The lowest BCUT2D eigenvalue weighted by atomic mass is 10.4. The largest absolute Gasteiger partial charge is 0.375 e. The zero-order valence-electron chi connectivity index (χ0n) is 7.99. The summed E-state index contributed by atoms with van der Waals surface area (Å²) >= 11 is 3.37. The molecular formula is C8H15N3S2. The molecule has 0 aliphatic carbocycles. The van der Waals surface area contributed by atoms with Crippen molar-refractivity contribution in [3.05, 3.63) is 11.1 Å². The molecule has 0 atom stereocenters. The van der Waals surface area contributed by atoms with Crippen molar-refractivity contribution in [1.29, 1.82) is 0 Å². The van der Waals surface area contributed by atoms with Gasteiger partial charge in [-0.05, 0) is 13.3 Å². The van der Waals surface area contributed by atoms with Crippen LogP contribution >= 0.6 is 23.1 Å². The van der Waals surface area contributed by atoms with E-state index in [1.54, 1.807) is 0 Å². The Bertz CT molecular complexity index is 249. The van der Waals surface area contributed by atoms with E-state index in [0.29, 0.717) is 5.13 Å². The van der Waals surface area contributed by atoms with Crippen LogP contribution < -0.4 is 5.73 Å².